The maximum Gasteiger partial charge on any atom is 0.119 e. The van der Waals surface area contributed by atoms with Gasteiger partial charge in [0, 0.05) is 12.6 Å². The van der Waals surface area contributed by atoms with Crippen LogP contribution in [0.15, 0.2) is 48.5 Å². The molecule has 0 radical (unpaired) electrons. The van der Waals surface area contributed by atoms with E-state index in [4.69, 9.17) is 4.74 Å². The molecule has 22 heavy (non-hydrogen) atoms. The summed E-state index contributed by atoms with van der Waals surface area (Å²) in [5, 5.41) is 3.59. The fraction of sp³-hybridized carbons (Fsp3) is 0.400. The van der Waals surface area contributed by atoms with Crippen LogP contribution in [0.25, 0.3) is 0 Å². The Labute approximate surface area is 134 Å². The molecule has 0 bridgehead atoms. The van der Waals surface area contributed by atoms with Gasteiger partial charge < -0.3 is 10.1 Å². The summed E-state index contributed by atoms with van der Waals surface area (Å²) in [4.78, 5) is 0. The summed E-state index contributed by atoms with van der Waals surface area (Å²) in [5.41, 5.74) is 3.97. The lowest BCUT2D eigenvalue weighted by atomic mass is 10.1. The molecule has 0 aromatic heterocycles. The largest absolute Gasteiger partial charge is 0.491 e. The van der Waals surface area contributed by atoms with E-state index >= 15 is 0 Å². The van der Waals surface area contributed by atoms with E-state index in [9.17, 15) is 0 Å². The molecular formula is C20H27NO. The number of hydrogen-bond donors (Lipinski definition) is 1. The molecule has 0 aliphatic rings. The van der Waals surface area contributed by atoms with Gasteiger partial charge in [-0.1, -0.05) is 43.3 Å². The van der Waals surface area contributed by atoms with Crippen molar-refractivity contribution < 1.29 is 4.74 Å². The van der Waals surface area contributed by atoms with Crippen LogP contribution in [0.3, 0.4) is 0 Å². The second-order valence-electron chi connectivity index (χ2n) is 5.93. The lowest BCUT2D eigenvalue weighted by Crippen LogP contribution is -2.18. The van der Waals surface area contributed by atoms with Crippen LogP contribution in [-0.4, -0.2) is 6.10 Å². The van der Waals surface area contributed by atoms with Gasteiger partial charge in [-0.05, 0) is 56.0 Å². The first kappa shape index (κ1) is 16.6. The molecule has 0 spiro atoms. The fourth-order valence-corrected chi connectivity index (χ4v) is 2.34. The summed E-state index contributed by atoms with van der Waals surface area (Å²) in [5.74, 6) is 0.948. The third kappa shape index (κ3) is 4.60. The topological polar surface area (TPSA) is 21.3 Å². The predicted octanol–water partition coefficient (Wildman–Crippen LogP) is 5.02. The summed E-state index contributed by atoms with van der Waals surface area (Å²) in [6, 6.07) is 17.2. The minimum atomic E-state index is 0.266. The van der Waals surface area contributed by atoms with Crippen LogP contribution in [0.4, 0.5) is 0 Å². The molecule has 0 amide bonds. The summed E-state index contributed by atoms with van der Waals surface area (Å²) < 4.78 is 5.82. The van der Waals surface area contributed by atoms with E-state index in [1.807, 2.05) is 0 Å². The first-order valence-corrected chi connectivity index (χ1v) is 8.14. The quantitative estimate of drug-likeness (QED) is 0.774. The smallest absolute Gasteiger partial charge is 0.119 e. The number of rotatable bonds is 7. The number of ether oxygens (including phenoxy) is 1. The zero-order chi connectivity index (χ0) is 15.9. The van der Waals surface area contributed by atoms with E-state index in [1.54, 1.807) is 0 Å². The lowest BCUT2D eigenvalue weighted by Gasteiger charge is -2.17. The van der Waals surface area contributed by atoms with Gasteiger partial charge in [0.05, 0.1) is 6.10 Å². The molecule has 0 heterocycles. The summed E-state index contributed by atoms with van der Waals surface area (Å²) in [6.07, 6.45) is 1.29. The van der Waals surface area contributed by atoms with E-state index in [-0.39, 0.29) is 6.10 Å². The molecule has 2 aromatic carbocycles. The van der Waals surface area contributed by atoms with Gasteiger partial charge in [-0.3, -0.25) is 0 Å². The van der Waals surface area contributed by atoms with Crippen molar-refractivity contribution in [3.63, 3.8) is 0 Å². The highest BCUT2D eigenvalue weighted by molar-refractivity contribution is 5.30. The molecule has 0 saturated heterocycles. The molecule has 2 atom stereocenters. The molecule has 2 unspecified atom stereocenters. The average Bonchev–Trinajstić information content (AvgIpc) is 2.54. The highest BCUT2D eigenvalue weighted by Crippen LogP contribution is 2.19. The van der Waals surface area contributed by atoms with Gasteiger partial charge in [-0.25, -0.2) is 0 Å². The first-order chi connectivity index (χ1) is 10.6. The number of nitrogens with one attached hydrogen (secondary N) is 1. The molecule has 0 aliphatic heterocycles. The van der Waals surface area contributed by atoms with Crippen molar-refractivity contribution in [1.82, 2.24) is 5.32 Å². The van der Waals surface area contributed by atoms with E-state index in [0.29, 0.717) is 6.04 Å². The van der Waals surface area contributed by atoms with Gasteiger partial charge in [0.15, 0.2) is 0 Å². The molecular weight excluding hydrogens is 270 g/mol. The average molecular weight is 297 g/mol. The third-order valence-electron chi connectivity index (χ3n) is 4.15. The molecule has 2 aromatic rings. The minimum Gasteiger partial charge on any atom is -0.491 e. The van der Waals surface area contributed by atoms with E-state index in [1.165, 1.54) is 16.7 Å². The van der Waals surface area contributed by atoms with Gasteiger partial charge in [0.2, 0.25) is 0 Å². The van der Waals surface area contributed by atoms with Crippen molar-refractivity contribution in [1.29, 1.82) is 0 Å². The molecule has 2 nitrogen and oxygen atoms in total. The van der Waals surface area contributed by atoms with Crippen molar-refractivity contribution in [2.75, 3.05) is 0 Å². The SMILES string of the molecule is CCC(C)Oc1ccc(C(C)NCc2ccccc2C)cc1. The van der Waals surface area contributed by atoms with Crippen LogP contribution in [-0.2, 0) is 6.54 Å². The molecule has 2 heteroatoms. The zero-order valence-electron chi connectivity index (χ0n) is 14.1. The molecule has 1 N–H and O–H groups in total. The molecule has 0 fully saturated rings. The Morgan fingerprint density at radius 2 is 1.68 bits per heavy atom. The van der Waals surface area contributed by atoms with Crippen molar-refractivity contribution >= 4 is 0 Å². The van der Waals surface area contributed by atoms with Crippen molar-refractivity contribution in [3.8, 4) is 5.75 Å². The van der Waals surface area contributed by atoms with Crippen LogP contribution >= 0.6 is 0 Å². The Bertz CT molecular complexity index is 577. The van der Waals surface area contributed by atoms with E-state index < -0.39 is 0 Å². The monoisotopic (exact) mass is 297 g/mol. The van der Waals surface area contributed by atoms with E-state index in [0.717, 1.165) is 18.7 Å². The van der Waals surface area contributed by atoms with E-state index in [2.05, 4.69) is 81.5 Å². The second kappa shape index (κ2) is 8.00. The molecule has 0 saturated carbocycles. The second-order valence-corrected chi connectivity index (χ2v) is 5.93. The summed E-state index contributed by atoms with van der Waals surface area (Å²) in [6.45, 7) is 9.47. The van der Waals surface area contributed by atoms with Crippen molar-refractivity contribution in [3.05, 3.63) is 65.2 Å². The summed E-state index contributed by atoms with van der Waals surface area (Å²) >= 11 is 0. The Hall–Kier alpha value is -1.80. The van der Waals surface area contributed by atoms with Gasteiger partial charge in [-0.2, -0.15) is 0 Å². The number of hydrogen-bond acceptors (Lipinski definition) is 2. The van der Waals surface area contributed by atoms with Crippen LogP contribution in [0.2, 0.25) is 0 Å². The molecule has 2 rings (SSSR count). The maximum atomic E-state index is 5.82. The van der Waals surface area contributed by atoms with Gasteiger partial charge >= 0.3 is 0 Å². The minimum absolute atomic E-state index is 0.266. The van der Waals surface area contributed by atoms with Crippen LogP contribution in [0, 0.1) is 6.92 Å². The normalized spacial score (nSPS) is 13.6. The Morgan fingerprint density at radius 1 is 1.00 bits per heavy atom. The molecule has 118 valence electrons. The summed E-state index contributed by atoms with van der Waals surface area (Å²) in [7, 11) is 0. The van der Waals surface area contributed by atoms with Gasteiger partial charge in [0.1, 0.15) is 5.75 Å². The lowest BCUT2D eigenvalue weighted by molar-refractivity contribution is 0.217. The zero-order valence-corrected chi connectivity index (χ0v) is 14.1. The van der Waals surface area contributed by atoms with Crippen LogP contribution in [0.5, 0.6) is 5.75 Å². The maximum absolute atomic E-state index is 5.82. The Morgan fingerprint density at radius 3 is 2.32 bits per heavy atom. The van der Waals surface area contributed by atoms with Crippen LogP contribution in [0.1, 0.15) is 49.9 Å². The Kier molecular flexibility index (Phi) is 6.02. The fourth-order valence-electron chi connectivity index (χ4n) is 2.34. The molecule has 0 aliphatic carbocycles. The van der Waals surface area contributed by atoms with Crippen molar-refractivity contribution in [2.45, 2.75) is 52.8 Å². The standard InChI is InChI=1S/C20H27NO/c1-5-16(3)22-20-12-10-18(11-13-20)17(4)21-14-19-9-7-6-8-15(19)2/h6-13,16-17,21H,5,14H2,1-4H3. The highest BCUT2D eigenvalue weighted by atomic mass is 16.5. The number of aryl methyl sites for hydroxylation is 1. The predicted molar refractivity (Wildman–Crippen MR) is 93.3 cm³/mol. The first-order valence-electron chi connectivity index (χ1n) is 8.14. The van der Waals surface area contributed by atoms with Crippen molar-refractivity contribution in [2.24, 2.45) is 0 Å². The van der Waals surface area contributed by atoms with Crippen LogP contribution < -0.4 is 10.1 Å². The highest BCUT2D eigenvalue weighted by Gasteiger charge is 2.07. The van der Waals surface area contributed by atoms with Gasteiger partial charge in [-0.15, -0.1) is 0 Å². The van der Waals surface area contributed by atoms with Gasteiger partial charge in [0.25, 0.3) is 0 Å². The number of benzene rings is 2. The third-order valence-corrected chi connectivity index (χ3v) is 4.15. The Balaban J connectivity index is 1.92.